The van der Waals surface area contributed by atoms with Gasteiger partial charge in [0.25, 0.3) is 0 Å². The molecule has 0 spiro atoms. The van der Waals surface area contributed by atoms with Gasteiger partial charge in [0.1, 0.15) is 6.29 Å². The number of carbonyl (C=O) groups is 1. The lowest BCUT2D eigenvalue weighted by Gasteiger charge is -2.04. The number of aliphatic hydroxyl groups is 5. The fraction of sp³-hybridized carbons (Fsp3) is 0.643. The highest BCUT2D eigenvalue weighted by Gasteiger charge is 1.99. The van der Waals surface area contributed by atoms with Crippen LogP contribution in [-0.2, 0) is 14.3 Å². The summed E-state index contributed by atoms with van der Waals surface area (Å²) in [5, 5.41) is 40.5. The summed E-state index contributed by atoms with van der Waals surface area (Å²) in [5.41, 5.74) is 0. The number of hydrogen-bond acceptors (Lipinski definition) is 8. The van der Waals surface area contributed by atoms with Crippen LogP contribution in [0.4, 0.5) is 0 Å². The van der Waals surface area contributed by atoms with Crippen molar-refractivity contribution in [2.45, 2.75) is 12.5 Å². The van der Waals surface area contributed by atoms with E-state index < -0.39 is 6.10 Å². The lowest BCUT2D eigenvalue weighted by molar-refractivity contribution is -0.104. The minimum absolute atomic E-state index is 0. The molecule has 0 fully saturated rings. The SMILES string of the molecule is C=CC=O.COCC(O)CCO.COCCO.O.O.O/C=C/CO. The highest BCUT2D eigenvalue weighted by atomic mass is 16.5. The molecule has 0 radical (unpaired) electrons. The van der Waals surface area contributed by atoms with Gasteiger partial charge in [-0.1, -0.05) is 6.58 Å². The largest absolute Gasteiger partial charge is 0.516 e. The Bertz CT molecular complexity index is 198. The molecule has 1 unspecified atom stereocenters. The predicted octanol–water partition coefficient (Wildman–Crippen LogP) is -2.23. The van der Waals surface area contributed by atoms with E-state index >= 15 is 0 Å². The second kappa shape index (κ2) is 49.6. The Kier molecular flexibility index (Phi) is 79.0. The Balaban J connectivity index is -0.0000000454. The molecule has 0 heterocycles. The lowest BCUT2D eigenvalue weighted by Crippen LogP contribution is -2.14. The van der Waals surface area contributed by atoms with Crippen molar-refractivity contribution in [1.29, 1.82) is 0 Å². The van der Waals surface area contributed by atoms with E-state index in [1.165, 1.54) is 19.3 Å². The molecule has 24 heavy (non-hydrogen) atoms. The van der Waals surface area contributed by atoms with Crippen LogP contribution in [0.3, 0.4) is 0 Å². The van der Waals surface area contributed by atoms with Crippen molar-refractivity contribution < 1.29 is 50.8 Å². The lowest BCUT2D eigenvalue weighted by atomic mass is 10.3. The molecular weight excluding hydrogens is 328 g/mol. The molecule has 9 N–H and O–H groups in total. The summed E-state index contributed by atoms with van der Waals surface area (Å²) in [4.78, 5) is 9.06. The van der Waals surface area contributed by atoms with E-state index in [1.807, 2.05) is 0 Å². The highest BCUT2D eigenvalue weighted by Crippen LogP contribution is 1.88. The first-order valence-corrected chi connectivity index (χ1v) is 6.39. The average molecular weight is 362 g/mol. The van der Waals surface area contributed by atoms with E-state index in [2.05, 4.69) is 16.1 Å². The minimum Gasteiger partial charge on any atom is -0.516 e. The number of rotatable bonds is 8. The van der Waals surface area contributed by atoms with Crippen molar-refractivity contribution >= 4 is 6.29 Å². The van der Waals surface area contributed by atoms with Gasteiger partial charge < -0.3 is 46.0 Å². The first-order chi connectivity index (χ1) is 10.6. The normalized spacial score (nSPS) is 9.25. The molecule has 0 aliphatic heterocycles. The summed E-state index contributed by atoms with van der Waals surface area (Å²) in [7, 11) is 3.07. The Morgan fingerprint density at radius 1 is 1.08 bits per heavy atom. The Morgan fingerprint density at radius 2 is 1.58 bits per heavy atom. The zero-order valence-electron chi connectivity index (χ0n) is 14.3. The molecule has 0 amide bonds. The summed E-state index contributed by atoms with van der Waals surface area (Å²) >= 11 is 0. The van der Waals surface area contributed by atoms with Crippen LogP contribution in [0, 0.1) is 0 Å². The fourth-order valence-corrected chi connectivity index (χ4v) is 0.563. The third kappa shape index (κ3) is 85.7. The number of allylic oxidation sites excluding steroid dienone is 1. The molecular formula is C14H34O10. The zero-order valence-corrected chi connectivity index (χ0v) is 14.3. The van der Waals surface area contributed by atoms with E-state index in [-0.39, 0.29) is 30.8 Å². The first kappa shape index (κ1) is 38.3. The van der Waals surface area contributed by atoms with Crippen LogP contribution in [0.1, 0.15) is 6.42 Å². The van der Waals surface area contributed by atoms with Crippen molar-refractivity contribution in [2.75, 3.05) is 47.3 Å². The van der Waals surface area contributed by atoms with E-state index in [0.29, 0.717) is 25.9 Å². The summed E-state index contributed by atoms with van der Waals surface area (Å²) < 4.78 is 9.04. The molecule has 10 nitrogen and oxygen atoms in total. The van der Waals surface area contributed by atoms with Crippen molar-refractivity contribution in [3.63, 3.8) is 0 Å². The zero-order chi connectivity index (χ0) is 18.1. The molecule has 0 aliphatic rings. The highest BCUT2D eigenvalue weighted by molar-refractivity contribution is 5.63. The van der Waals surface area contributed by atoms with Gasteiger partial charge in [-0.25, -0.2) is 0 Å². The minimum atomic E-state index is -0.509. The van der Waals surface area contributed by atoms with Gasteiger partial charge in [-0.3, -0.25) is 4.79 Å². The van der Waals surface area contributed by atoms with Crippen molar-refractivity contribution in [3.05, 3.63) is 25.0 Å². The summed E-state index contributed by atoms with van der Waals surface area (Å²) in [6, 6.07) is 0. The topological polar surface area (TPSA) is 200 Å². The molecule has 150 valence electrons. The molecule has 10 heteroatoms. The quantitative estimate of drug-likeness (QED) is 0.181. The molecule has 0 saturated carbocycles. The molecule has 0 rings (SSSR count). The van der Waals surface area contributed by atoms with Crippen molar-refractivity contribution in [3.8, 4) is 0 Å². The van der Waals surface area contributed by atoms with Crippen LogP contribution in [0.2, 0.25) is 0 Å². The number of ether oxygens (including phenoxy) is 2. The van der Waals surface area contributed by atoms with Crippen LogP contribution in [0.5, 0.6) is 0 Å². The summed E-state index contributed by atoms with van der Waals surface area (Å²) in [6.45, 7) is 3.91. The Morgan fingerprint density at radius 3 is 1.71 bits per heavy atom. The van der Waals surface area contributed by atoms with Gasteiger partial charge >= 0.3 is 0 Å². The molecule has 0 aliphatic carbocycles. The number of aldehydes is 1. The molecule has 0 bridgehead atoms. The summed E-state index contributed by atoms with van der Waals surface area (Å²) in [6.07, 6.45) is 3.76. The monoisotopic (exact) mass is 362 g/mol. The van der Waals surface area contributed by atoms with Gasteiger partial charge in [0, 0.05) is 20.8 Å². The Hall–Kier alpha value is -1.37. The number of aliphatic hydroxyl groups excluding tert-OH is 5. The van der Waals surface area contributed by atoms with Crippen LogP contribution in [0.25, 0.3) is 0 Å². The van der Waals surface area contributed by atoms with E-state index in [0.717, 1.165) is 6.26 Å². The number of methoxy groups -OCH3 is 2. The fourth-order valence-electron chi connectivity index (χ4n) is 0.563. The smallest absolute Gasteiger partial charge is 0.142 e. The number of hydrogen-bond donors (Lipinski definition) is 5. The van der Waals surface area contributed by atoms with Gasteiger partial charge in [-0.2, -0.15) is 0 Å². The van der Waals surface area contributed by atoms with Crippen molar-refractivity contribution in [1.82, 2.24) is 0 Å². The predicted molar refractivity (Wildman–Crippen MR) is 90.9 cm³/mol. The summed E-state index contributed by atoms with van der Waals surface area (Å²) in [5.74, 6) is 0. The standard InChI is InChI=1S/C5H12O3.C3H8O2.C3H6O2.C3H4O.2H2O/c1-8-4-5(7)2-3-6;1-5-3-2-4;4-2-1-3-5;1-2-3-4;;/h5-7H,2-4H2,1H3;4H,2-3H2,1H3;1-2,4-5H,3H2;2-3H,1H2;2*1H2/b;;2-1+;;;. The third-order valence-electron chi connectivity index (χ3n) is 1.42. The molecule has 0 aromatic heterocycles. The van der Waals surface area contributed by atoms with Crippen LogP contribution < -0.4 is 0 Å². The van der Waals surface area contributed by atoms with Crippen molar-refractivity contribution in [2.24, 2.45) is 0 Å². The maximum absolute atomic E-state index is 9.06. The van der Waals surface area contributed by atoms with Gasteiger partial charge in [-0.15, -0.1) is 0 Å². The van der Waals surface area contributed by atoms with E-state index in [1.54, 1.807) is 7.11 Å². The first-order valence-electron chi connectivity index (χ1n) is 6.39. The van der Waals surface area contributed by atoms with Gasteiger partial charge in [-0.05, 0) is 18.6 Å². The molecule has 1 atom stereocenters. The maximum atomic E-state index is 9.06. The van der Waals surface area contributed by atoms with Crippen LogP contribution >= 0.6 is 0 Å². The maximum Gasteiger partial charge on any atom is 0.142 e. The van der Waals surface area contributed by atoms with Crippen LogP contribution in [-0.4, -0.2) is 96.1 Å². The third-order valence-corrected chi connectivity index (χ3v) is 1.42. The molecule has 0 aromatic rings. The van der Waals surface area contributed by atoms with E-state index in [4.69, 9.17) is 30.3 Å². The average Bonchev–Trinajstić information content (AvgIpc) is 2.51. The number of carbonyl (C=O) groups excluding carboxylic acids is 1. The molecule has 0 saturated heterocycles. The van der Waals surface area contributed by atoms with Gasteiger partial charge in [0.2, 0.25) is 0 Å². The Labute approximate surface area is 142 Å². The van der Waals surface area contributed by atoms with E-state index in [9.17, 15) is 0 Å². The second-order valence-corrected chi connectivity index (χ2v) is 3.28. The van der Waals surface area contributed by atoms with Gasteiger partial charge in [0.15, 0.2) is 0 Å². The van der Waals surface area contributed by atoms with Crippen LogP contribution in [0.15, 0.2) is 25.0 Å². The van der Waals surface area contributed by atoms with Gasteiger partial charge in [0.05, 0.1) is 38.8 Å². The second-order valence-electron chi connectivity index (χ2n) is 3.28. The molecule has 0 aromatic carbocycles.